The molecule has 0 spiro atoms. The van der Waals surface area contributed by atoms with Gasteiger partial charge in [0.25, 0.3) is 0 Å². The zero-order chi connectivity index (χ0) is 11.8. The molecular weight excluding hydrogens is 209 g/mol. The predicted octanol–water partition coefficient (Wildman–Crippen LogP) is 2.05. The van der Waals surface area contributed by atoms with Crippen molar-refractivity contribution in [1.29, 1.82) is 0 Å². The molecular formula is C12H18FNO2. The van der Waals surface area contributed by atoms with Crippen LogP contribution in [0.3, 0.4) is 0 Å². The van der Waals surface area contributed by atoms with Gasteiger partial charge in [0.1, 0.15) is 0 Å². The maximum absolute atomic E-state index is 13.0. The molecule has 0 atom stereocenters. The van der Waals surface area contributed by atoms with Gasteiger partial charge in [-0.1, -0.05) is 12.1 Å². The monoisotopic (exact) mass is 227 g/mol. The van der Waals surface area contributed by atoms with Crippen LogP contribution >= 0.6 is 0 Å². The molecule has 0 amide bonds. The highest BCUT2D eigenvalue weighted by atomic mass is 19.1. The fourth-order valence-electron chi connectivity index (χ4n) is 1.42. The van der Waals surface area contributed by atoms with E-state index in [1.54, 1.807) is 19.2 Å². The number of nitrogens with one attached hydrogen (secondary N) is 1. The third kappa shape index (κ3) is 4.16. The zero-order valence-corrected chi connectivity index (χ0v) is 9.50. The first-order valence-corrected chi connectivity index (χ1v) is 5.41. The largest absolute Gasteiger partial charge is 0.505 e. The Morgan fingerprint density at radius 2 is 2.19 bits per heavy atom. The zero-order valence-electron chi connectivity index (χ0n) is 9.50. The summed E-state index contributed by atoms with van der Waals surface area (Å²) < 4.78 is 17.9. The minimum atomic E-state index is -0.571. The summed E-state index contributed by atoms with van der Waals surface area (Å²) in [6.07, 6.45) is 2.00. The van der Waals surface area contributed by atoms with E-state index in [0.29, 0.717) is 12.1 Å². The van der Waals surface area contributed by atoms with Crippen LogP contribution in [-0.2, 0) is 11.3 Å². The minimum Gasteiger partial charge on any atom is -0.505 e. The van der Waals surface area contributed by atoms with Crippen molar-refractivity contribution in [1.82, 2.24) is 5.32 Å². The summed E-state index contributed by atoms with van der Waals surface area (Å²) in [6, 6.07) is 4.55. The summed E-state index contributed by atoms with van der Waals surface area (Å²) in [5.74, 6) is -0.828. The smallest absolute Gasteiger partial charge is 0.165 e. The normalized spacial score (nSPS) is 10.6. The van der Waals surface area contributed by atoms with E-state index < -0.39 is 5.82 Å². The lowest BCUT2D eigenvalue weighted by Gasteiger charge is -2.07. The van der Waals surface area contributed by atoms with Crippen LogP contribution in [0.4, 0.5) is 4.39 Å². The summed E-state index contributed by atoms with van der Waals surface area (Å²) in [4.78, 5) is 0. The number of rotatable bonds is 7. The maximum Gasteiger partial charge on any atom is 0.165 e. The number of benzene rings is 1. The Kier molecular flexibility index (Phi) is 5.82. The lowest BCUT2D eigenvalue weighted by Crippen LogP contribution is -2.15. The Balaban J connectivity index is 2.24. The van der Waals surface area contributed by atoms with Crippen molar-refractivity contribution in [3.05, 3.63) is 29.6 Å². The van der Waals surface area contributed by atoms with Gasteiger partial charge in [-0.2, -0.15) is 0 Å². The molecule has 1 aromatic rings. The Bertz CT molecular complexity index is 318. The lowest BCUT2D eigenvalue weighted by molar-refractivity contribution is 0.192. The van der Waals surface area contributed by atoms with Gasteiger partial charge in [-0.05, 0) is 25.5 Å². The van der Waals surface area contributed by atoms with Crippen LogP contribution in [0.5, 0.6) is 5.75 Å². The molecule has 4 heteroatoms. The molecule has 3 nitrogen and oxygen atoms in total. The number of methoxy groups -OCH3 is 1. The van der Waals surface area contributed by atoms with Gasteiger partial charge in [0.05, 0.1) is 0 Å². The minimum absolute atomic E-state index is 0.258. The number of hydrogen-bond acceptors (Lipinski definition) is 3. The van der Waals surface area contributed by atoms with Gasteiger partial charge in [0.15, 0.2) is 11.6 Å². The Hall–Kier alpha value is -1.13. The lowest BCUT2D eigenvalue weighted by atomic mass is 10.2. The van der Waals surface area contributed by atoms with Crippen molar-refractivity contribution < 1.29 is 14.2 Å². The number of halogens is 1. The fraction of sp³-hybridized carbons (Fsp3) is 0.500. The average Bonchev–Trinajstić information content (AvgIpc) is 2.29. The molecule has 0 saturated heterocycles. The van der Waals surface area contributed by atoms with Crippen molar-refractivity contribution in [3.63, 3.8) is 0 Å². The third-order valence-electron chi connectivity index (χ3n) is 2.34. The number of unbranched alkanes of at least 4 members (excludes halogenated alkanes) is 1. The van der Waals surface area contributed by atoms with E-state index in [2.05, 4.69) is 5.32 Å². The van der Waals surface area contributed by atoms with Crippen LogP contribution < -0.4 is 5.32 Å². The number of phenolic OH excluding ortho intramolecular Hbond substituents is 1. The topological polar surface area (TPSA) is 41.5 Å². The van der Waals surface area contributed by atoms with Crippen LogP contribution in [0, 0.1) is 5.82 Å². The molecule has 0 radical (unpaired) electrons. The summed E-state index contributed by atoms with van der Waals surface area (Å²) in [5, 5.41) is 12.5. The Morgan fingerprint density at radius 1 is 1.38 bits per heavy atom. The molecule has 90 valence electrons. The van der Waals surface area contributed by atoms with Crippen molar-refractivity contribution in [2.45, 2.75) is 19.4 Å². The van der Waals surface area contributed by atoms with Gasteiger partial charge in [-0.15, -0.1) is 0 Å². The van der Waals surface area contributed by atoms with E-state index in [1.165, 1.54) is 6.07 Å². The molecule has 0 unspecified atom stereocenters. The first-order chi connectivity index (χ1) is 7.75. The van der Waals surface area contributed by atoms with Gasteiger partial charge in [-0.25, -0.2) is 4.39 Å². The molecule has 0 fully saturated rings. The third-order valence-corrected chi connectivity index (χ3v) is 2.34. The maximum atomic E-state index is 13.0. The molecule has 0 saturated carbocycles. The van der Waals surface area contributed by atoms with Crippen molar-refractivity contribution in [2.24, 2.45) is 0 Å². The predicted molar refractivity (Wildman–Crippen MR) is 60.9 cm³/mol. The highest BCUT2D eigenvalue weighted by molar-refractivity contribution is 5.33. The van der Waals surface area contributed by atoms with Crippen LogP contribution in [-0.4, -0.2) is 25.4 Å². The van der Waals surface area contributed by atoms with Crippen LogP contribution in [0.25, 0.3) is 0 Å². The van der Waals surface area contributed by atoms with Crippen molar-refractivity contribution in [3.8, 4) is 5.75 Å². The quantitative estimate of drug-likeness (QED) is 0.700. The first-order valence-electron chi connectivity index (χ1n) is 5.41. The van der Waals surface area contributed by atoms with E-state index in [9.17, 15) is 9.50 Å². The summed E-state index contributed by atoms with van der Waals surface area (Å²) in [7, 11) is 1.68. The van der Waals surface area contributed by atoms with Crippen molar-refractivity contribution in [2.75, 3.05) is 20.3 Å². The molecule has 0 bridgehead atoms. The summed E-state index contributed by atoms with van der Waals surface area (Å²) >= 11 is 0. The summed E-state index contributed by atoms with van der Waals surface area (Å²) in [6.45, 7) is 2.07. The van der Waals surface area contributed by atoms with E-state index in [0.717, 1.165) is 26.0 Å². The molecule has 2 N–H and O–H groups in total. The van der Waals surface area contributed by atoms with Gasteiger partial charge in [0.2, 0.25) is 0 Å². The Morgan fingerprint density at radius 3 is 2.94 bits per heavy atom. The van der Waals surface area contributed by atoms with E-state index >= 15 is 0 Å². The number of phenols is 1. The van der Waals surface area contributed by atoms with E-state index in [4.69, 9.17) is 4.74 Å². The van der Waals surface area contributed by atoms with Gasteiger partial charge < -0.3 is 15.2 Å². The number of para-hydroxylation sites is 1. The SMILES string of the molecule is COCCCCNCc1cccc(F)c1O. The number of aromatic hydroxyl groups is 1. The second kappa shape index (κ2) is 7.19. The molecule has 1 rings (SSSR count). The van der Waals surface area contributed by atoms with Crippen LogP contribution in [0.15, 0.2) is 18.2 Å². The summed E-state index contributed by atoms with van der Waals surface area (Å²) in [5.41, 5.74) is 0.590. The number of ether oxygens (including phenoxy) is 1. The fourth-order valence-corrected chi connectivity index (χ4v) is 1.42. The molecule has 16 heavy (non-hydrogen) atoms. The average molecular weight is 227 g/mol. The van der Waals surface area contributed by atoms with Crippen LogP contribution in [0.2, 0.25) is 0 Å². The second-order valence-corrected chi connectivity index (χ2v) is 3.62. The molecule has 0 aliphatic carbocycles. The van der Waals surface area contributed by atoms with E-state index in [-0.39, 0.29) is 5.75 Å². The van der Waals surface area contributed by atoms with Crippen LogP contribution in [0.1, 0.15) is 18.4 Å². The van der Waals surface area contributed by atoms with Gasteiger partial charge >= 0.3 is 0 Å². The van der Waals surface area contributed by atoms with Gasteiger partial charge in [-0.3, -0.25) is 0 Å². The molecule has 0 heterocycles. The number of hydrogen-bond donors (Lipinski definition) is 2. The second-order valence-electron chi connectivity index (χ2n) is 3.62. The van der Waals surface area contributed by atoms with Crippen molar-refractivity contribution >= 4 is 0 Å². The molecule has 0 aliphatic rings. The Labute approximate surface area is 95.2 Å². The molecule has 1 aromatic carbocycles. The standard InChI is InChI=1S/C12H18FNO2/c1-16-8-3-2-7-14-9-10-5-4-6-11(13)12(10)15/h4-6,14-15H,2-3,7-9H2,1H3. The first kappa shape index (κ1) is 12.9. The highest BCUT2D eigenvalue weighted by Crippen LogP contribution is 2.20. The van der Waals surface area contributed by atoms with E-state index in [1.807, 2.05) is 0 Å². The van der Waals surface area contributed by atoms with Gasteiger partial charge in [0, 0.05) is 25.8 Å². The highest BCUT2D eigenvalue weighted by Gasteiger charge is 2.04. The molecule has 0 aliphatic heterocycles. The molecule has 0 aromatic heterocycles.